The van der Waals surface area contributed by atoms with Gasteiger partial charge in [-0.2, -0.15) is 0 Å². The topological polar surface area (TPSA) is 52.6 Å². The van der Waals surface area contributed by atoms with E-state index < -0.39 is 9.84 Å². The maximum absolute atomic E-state index is 11.4. The van der Waals surface area contributed by atoms with Crippen molar-refractivity contribution in [2.45, 2.75) is 24.7 Å². The van der Waals surface area contributed by atoms with Gasteiger partial charge in [-0.05, 0) is 54.4 Å². The van der Waals surface area contributed by atoms with E-state index in [2.05, 4.69) is 0 Å². The average molecular weight is 369 g/mol. The van der Waals surface area contributed by atoms with E-state index in [0.29, 0.717) is 19.0 Å². The summed E-state index contributed by atoms with van der Waals surface area (Å²) in [4.78, 5) is 0.285. The van der Waals surface area contributed by atoms with E-state index in [9.17, 15) is 8.42 Å². The molecule has 4 nitrogen and oxygen atoms in total. The molecule has 0 aliphatic carbocycles. The molecule has 130 valence electrons. The number of sulfone groups is 1. The first-order chi connectivity index (χ1) is 11.4. The molecular weight excluding hydrogens is 348 g/mol. The van der Waals surface area contributed by atoms with Gasteiger partial charge in [-0.1, -0.05) is 18.5 Å². The van der Waals surface area contributed by atoms with Crippen LogP contribution in [0.4, 0.5) is 0 Å². The highest BCUT2D eigenvalue weighted by Crippen LogP contribution is 2.22. The lowest BCUT2D eigenvalue weighted by Crippen LogP contribution is -2.05. The molecule has 0 saturated heterocycles. The van der Waals surface area contributed by atoms with Crippen molar-refractivity contribution >= 4 is 21.4 Å². The zero-order valence-electron chi connectivity index (χ0n) is 13.8. The summed E-state index contributed by atoms with van der Waals surface area (Å²) in [5, 5.41) is 0.755. The fourth-order valence-electron chi connectivity index (χ4n) is 2.13. The predicted octanol–water partition coefficient (Wildman–Crippen LogP) is 4.15. The van der Waals surface area contributed by atoms with Gasteiger partial charge in [-0.25, -0.2) is 8.42 Å². The van der Waals surface area contributed by atoms with Crippen LogP contribution >= 0.6 is 11.6 Å². The van der Waals surface area contributed by atoms with E-state index in [-0.39, 0.29) is 4.90 Å². The Balaban J connectivity index is 1.75. The van der Waals surface area contributed by atoms with Gasteiger partial charge in [0.25, 0.3) is 0 Å². The molecule has 0 radical (unpaired) electrons. The molecule has 2 aromatic carbocycles. The molecule has 0 heterocycles. The normalized spacial score (nSPS) is 11.3. The van der Waals surface area contributed by atoms with Gasteiger partial charge in [0.15, 0.2) is 9.84 Å². The molecule has 0 aromatic heterocycles. The van der Waals surface area contributed by atoms with Crippen LogP contribution in [-0.4, -0.2) is 27.9 Å². The van der Waals surface area contributed by atoms with Crippen LogP contribution in [0.2, 0.25) is 5.02 Å². The standard InChI is InChI=1S/C18H21ClO4S/c1-3-14-13-16(7-10-18(14)19)23-12-4-11-22-15-5-8-17(9-6-15)24(2,20)21/h5-10,13H,3-4,11-12H2,1-2H3. The van der Waals surface area contributed by atoms with Crippen LogP contribution in [0.1, 0.15) is 18.9 Å². The monoisotopic (exact) mass is 368 g/mol. The predicted molar refractivity (Wildman–Crippen MR) is 96.0 cm³/mol. The highest BCUT2D eigenvalue weighted by atomic mass is 35.5. The number of aryl methyl sites for hydroxylation is 1. The Hall–Kier alpha value is -1.72. The van der Waals surface area contributed by atoms with E-state index >= 15 is 0 Å². The number of hydrogen-bond acceptors (Lipinski definition) is 4. The lowest BCUT2D eigenvalue weighted by atomic mass is 10.1. The van der Waals surface area contributed by atoms with Crippen LogP contribution in [0.25, 0.3) is 0 Å². The van der Waals surface area contributed by atoms with Crippen molar-refractivity contribution in [3.8, 4) is 11.5 Å². The molecule has 2 rings (SSSR count). The Bertz CT molecular complexity index is 770. The minimum Gasteiger partial charge on any atom is -0.493 e. The van der Waals surface area contributed by atoms with Crippen molar-refractivity contribution in [1.29, 1.82) is 0 Å². The fraction of sp³-hybridized carbons (Fsp3) is 0.333. The van der Waals surface area contributed by atoms with Gasteiger partial charge in [0, 0.05) is 17.7 Å². The Labute approximate surface area is 148 Å². The summed E-state index contributed by atoms with van der Waals surface area (Å²) in [6.07, 6.45) is 2.77. The third kappa shape index (κ3) is 5.42. The molecule has 6 heteroatoms. The highest BCUT2D eigenvalue weighted by molar-refractivity contribution is 7.90. The molecule has 0 aliphatic rings. The van der Waals surface area contributed by atoms with Gasteiger partial charge in [-0.3, -0.25) is 0 Å². The summed E-state index contributed by atoms with van der Waals surface area (Å²) >= 11 is 6.07. The largest absolute Gasteiger partial charge is 0.493 e. The van der Waals surface area contributed by atoms with E-state index in [1.165, 1.54) is 6.26 Å². The van der Waals surface area contributed by atoms with Gasteiger partial charge >= 0.3 is 0 Å². The van der Waals surface area contributed by atoms with Crippen molar-refractivity contribution < 1.29 is 17.9 Å². The van der Waals surface area contributed by atoms with Crippen LogP contribution in [0.5, 0.6) is 11.5 Å². The fourth-order valence-corrected chi connectivity index (χ4v) is 3.02. The SMILES string of the molecule is CCc1cc(OCCCOc2ccc(S(C)(=O)=O)cc2)ccc1Cl. The zero-order chi connectivity index (χ0) is 17.6. The molecular formula is C18H21ClO4S. The minimum atomic E-state index is -3.17. The molecule has 0 unspecified atom stereocenters. The van der Waals surface area contributed by atoms with Crippen molar-refractivity contribution in [1.82, 2.24) is 0 Å². The van der Waals surface area contributed by atoms with Gasteiger partial charge in [0.1, 0.15) is 11.5 Å². The molecule has 0 amide bonds. The van der Waals surface area contributed by atoms with Crippen molar-refractivity contribution in [3.05, 3.63) is 53.1 Å². The molecule has 0 saturated carbocycles. The molecule has 2 aromatic rings. The summed E-state index contributed by atoms with van der Waals surface area (Å²) in [5.74, 6) is 1.44. The van der Waals surface area contributed by atoms with Crippen molar-refractivity contribution in [2.24, 2.45) is 0 Å². The molecule has 24 heavy (non-hydrogen) atoms. The summed E-state index contributed by atoms with van der Waals surface area (Å²) in [7, 11) is -3.17. The summed E-state index contributed by atoms with van der Waals surface area (Å²) < 4.78 is 34.0. The summed E-state index contributed by atoms with van der Waals surface area (Å²) in [6.45, 7) is 3.08. The smallest absolute Gasteiger partial charge is 0.175 e. The van der Waals surface area contributed by atoms with Gasteiger partial charge in [-0.15, -0.1) is 0 Å². The minimum absolute atomic E-state index is 0.285. The maximum Gasteiger partial charge on any atom is 0.175 e. The number of ether oxygens (including phenoxy) is 2. The van der Waals surface area contributed by atoms with Crippen LogP contribution < -0.4 is 9.47 Å². The first-order valence-electron chi connectivity index (χ1n) is 7.74. The number of rotatable bonds is 8. The lowest BCUT2D eigenvalue weighted by Gasteiger charge is -2.10. The van der Waals surface area contributed by atoms with Crippen molar-refractivity contribution in [2.75, 3.05) is 19.5 Å². The zero-order valence-corrected chi connectivity index (χ0v) is 15.4. The van der Waals surface area contributed by atoms with Gasteiger partial charge in [0.05, 0.1) is 18.1 Å². The van der Waals surface area contributed by atoms with Crippen molar-refractivity contribution in [3.63, 3.8) is 0 Å². The summed E-state index contributed by atoms with van der Waals surface area (Å²) in [5.41, 5.74) is 1.07. The first kappa shape index (κ1) is 18.6. The molecule has 0 aliphatic heterocycles. The van der Waals surface area contributed by atoms with E-state index in [1.807, 2.05) is 25.1 Å². The van der Waals surface area contributed by atoms with Gasteiger partial charge < -0.3 is 9.47 Å². The van der Waals surface area contributed by atoms with Crippen LogP contribution in [0.15, 0.2) is 47.4 Å². The molecule has 0 fully saturated rings. The third-order valence-corrected chi connectivity index (χ3v) is 4.97. The van der Waals surface area contributed by atoms with E-state index in [4.69, 9.17) is 21.1 Å². The second-order valence-corrected chi connectivity index (χ2v) is 7.82. The second kappa shape index (κ2) is 8.40. The van der Waals surface area contributed by atoms with Gasteiger partial charge in [0.2, 0.25) is 0 Å². The second-order valence-electron chi connectivity index (χ2n) is 5.40. The Morgan fingerprint density at radius 1 is 0.958 bits per heavy atom. The van der Waals surface area contributed by atoms with E-state index in [1.54, 1.807) is 24.3 Å². The Morgan fingerprint density at radius 3 is 2.12 bits per heavy atom. The third-order valence-electron chi connectivity index (χ3n) is 3.48. The molecule has 0 spiro atoms. The van der Waals surface area contributed by atoms with Crippen LogP contribution in [-0.2, 0) is 16.3 Å². The number of halogens is 1. The molecule has 0 N–H and O–H groups in total. The van der Waals surface area contributed by atoms with E-state index in [0.717, 1.165) is 29.2 Å². The van der Waals surface area contributed by atoms with Crippen LogP contribution in [0, 0.1) is 0 Å². The first-order valence-corrected chi connectivity index (χ1v) is 10.0. The molecule has 0 atom stereocenters. The summed E-state index contributed by atoms with van der Waals surface area (Å²) in [6, 6.07) is 12.0. The lowest BCUT2D eigenvalue weighted by molar-refractivity contribution is 0.247. The number of benzene rings is 2. The Morgan fingerprint density at radius 2 is 1.54 bits per heavy atom. The quantitative estimate of drug-likeness (QED) is 0.657. The Kier molecular flexibility index (Phi) is 6.52. The maximum atomic E-state index is 11.4. The average Bonchev–Trinajstić information content (AvgIpc) is 2.55. The number of hydrogen-bond donors (Lipinski definition) is 0. The molecule has 0 bridgehead atoms. The van der Waals surface area contributed by atoms with Crippen LogP contribution in [0.3, 0.4) is 0 Å². The highest BCUT2D eigenvalue weighted by Gasteiger charge is 2.06.